The van der Waals surface area contributed by atoms with Crippen molar-refractivity contribution in [3.8, 4) is 11.6 Å². The molecule has 124 valence electrons. The van der Waals surface area contributed by atoms with E-state index in [4.69, 9.17) is 14.6 Å². The van der Waals surface area contributed by atoms with Crippen LogP contribution in [0.4, 0.5) is 0 Å². The van der Waals surface area contributed by atoms with Gasteiger partial charge in [0.1, 0.15) is 19.3 Å². The Labute approximate surface area is 124 Å². The number of H-pyrrole nitrogens is 2. The second-order valence-electron chi connectivity index (χ2n) is 4.52. The molecule has 1 rings (SSSR count). The third-order valence-corrected chi connectivity index (χ3v) is 2.55. The molecule has 0 aliphatic rings. The number of hydrogen-bond donors (Lipinski definition) is 5. The van der Waals surface area contributed by atoms with E-state index in [2.05, 4.69) is 4.98 Å². The molecule has 0 aliphatic heterocycles. The summed E-state index contributed by atoms with van der Waals surface area (Å²) in [5.74, 6) is -1.14. The lowest BCUT2D eigenvalue weighted by atomic mass is 10.1. The van der Waals surface area contributed by atoms with Crippen LogP contribution in [0.2, 0.25) is 0 Å². The van der Waals surface area contributed by atoms with E-state index in [1.165, 1.54) is 6.92 Å². The smallest absolute Gasteiger partial charge is 0.328 e. The van der Waals surface area contributed by atoms with Gasteiger partial charge in [-0.25, -0.2) is 4.79 Å². The van der Waals surface area contributed by atoms with Gasteiger partial charge >= 0.3 is 5.69 Å². The van der Waals surface area contributed by atoms with Crippen molar-refractivity contribution in [2.24, 2.45) is 0 Å². The summed E-state index contributed by atoms with van der Waals surface area (Å²) in [5.41, 5.74) is -1.76. The Kier molecular flexibility index (Phi) is 6.76. The van der Waals surface area contributed by atoms with Crippen molar-refractivity contribution in [1.82, 2.24) is 9.97 Å². The number of hydrogen-bond acceptors (Lipinski definition) is 8. The lowest BCUT2D eigenvalue weighted by molar-refractivity contribution is -0.118. The van der Waals surface area contributed by atoms with Crippen molar-refractivity contribution in [1.29, 1.82) is 0 Å². The van der Waals surface area contributed by atoms with Gasteiger partial charge < -0.3 is 24.8 Å². The Balaban J connectivity index is 2.86. The van der Waals surface area contributed by atoms with Crippen LogP contribution in [0.3, 0.4) is 0 Å². The number of ether oxygens (including phenoxy) is 2. The number of aliphatic hydroxyl groups is 3. The molecule has 22 heavy (non-hydrogen) atoms. The summed E-state index contributed by atoms with van der Waals surface area (Å²) >= 11 is 0. The van der Waals surface area contributed by atoms with Crippen LogP contribution in [0.5, 0.6) is 11.6 Å². The molecule has 1 heterocycles. The Morgan fingerprint density at radius 3 is 2.45 bits per heavy atom. The molecule has 0 radical (unpaired) electrons. The summed E-state index contributed by atoms with van der Waals surface area (Å²) in [6, 6.07) is 0. The van der Waals surface area contributed by atoms with Crippen LogP contribution in [0.1, 0.15) is 13.3 Å². The van der Waals surface area contributed by atoms with Gasteiger partial charge in [0.15, 0.2) is 5.78 Å². The van der Waals surface area contributed by atoms with E-state index in [0.29, 0.717) is 0 Å². The predicted molar refractivity (Wildman–Crippen MR) is 73.1 cm³/mol. The number of carbonyl (C=O) groups is 1. The highest BCUT2D eigenvalue weighted by atomic mass is 16.5. The normalized spacial score (nSPS) is 13.5. The molecule has 10 nitrogen and oxygen atoms in total. The van der Waals surface area contributed by atoms with Crippen LogP contribution < -0.4 is 20.7 Å². The molecule has 10 heteroatoms. The fourth-order valence-electron chi connectivity index (χ4n) is 1.47. The molecule has 1 aromatic heterocycles. The number of Topliss-reactive ketones (excluding diaryl/α,β-unsaturated/α-hetero) is 1. The molecule has 2 atom stereocenters. The van der Waals surface area contributed by atoms with Gasteiger partial charge in [-0.05, 0) is 13.3 Å². The maximum atomic E-state index is 11.6. The summed E-state index contributed by atoms with van der Waals surface area (Å²) in [5, 5.41) is 27.7. The third kappa shape index (κ3) is 5.31. The predicted octanol–water partition coefficient (Wildman–Crippen LogP) is -2.49. The third-order valence-electron chi connectivity index (χ3n) is 2.55. The second-order valence-corrected chi connectivity index (χ2v) is 4.52. The summed E-state index contributed by atoms with van der Waals surface area (Å²) in [4.78, 5) is 37.8. The van der Waals surface area contributed by atoms with Gasteiger partial charge in [0.25, 0.3) is 5.56 Å². The topological polar surface area (TPSA) is 162 Å². The number of nitrogens with one attached hydrogen (secondary N) is 2. The van der Waals surface area contributed by atoms with Crippen LogP contribution in [0, 0.1) is 0 Å². The average molecular weight is 318 g/mol. The zero-order valence-corrected chi connectivity index (χ0v) is 11.9. The van der Waals surface area contributed by atoms with E-state index in [1.54, 1.807) is 0 Å². The first-order chi connectivity index (χ1) is 10.3. The van der Waals surface area contributed by atoms with Crippen molar-refractivity contribution in [3.63, 3.8) is 0 Å². The Hall–Kier alpha value is -2.17. The van der Waals surface area contributed by atoms with E-state index < -0.39 is 42.4 Å². The maximum Gasteiger partial charge on any atom is 0.328 e. The van der Waals surface area contributed by atoms with Gasteiger partial charge in [0, 0.05) is 6.61 Å². The second kappa shape index (κ2) is 8.32. The molecule has 1 aromatic rings. The molecule has 5 N–H and O–H groups in total. The number of aromatic nitrogens is 2. The molecular formula is C12H18N2O8. The number of aliphatic hydroxyl groups excluding tert-OH is 3. The monoisotopic (exact) mass is 318 g/mol. The van der Waals surface area contributed by atoms with E-state index in [9.17, 15) is 24.6 Å². The van der Waals surface area contributed by atoms with Crippen molar-refractivity contribution in [3.05, 3.63) is 20.8 Å². The van der Waals surface area contributed by atoms with Crippen LogP contribution in [0.25, 0.3) is 0 Å². The van der Waals surface area contributed by atoms with E-state index in [1.807, 2.05) is 4.98 Å². The number of rotatable bonds is 9. The minimum Gasteiger partial charge on any atom is -0.476 e. The zero-order valence-electron chi connectivity index (χ0n) is 11.9. The molecule has 0 bridgehead atoms. The van der Waals surface area contributed by atoms with E-state index >= 15 is 0 Å². The summed E-state index contributed by atoms with van der Waals surface area (Å²) in [6.07, 6.45) is -2.65. The van der Waals surface area contributed by atoms with Crippen LogP contribution in [-0.2, 0) is 4.79 Å². The largest absolute Gasteiger partial charge is 0.476 e. The number of ketones is 1. The first kappa shape index (κ1) is 17.9. The standard InChI is InChI=1S/C12H18N2O8/c1-6(16)4-21-9-10(19)13-12(20)14-11(9)22-5-8(18)7(17)2-3-15/h7-8,15,17-18H,2-5H2,1H3,(H2,13,14,19,20)/t7-,8+/m1/s1. The van der Waals surface area contributed by atoms with Gasteiger partial charge in [0.2, 0.25) is 11.6 Å². The molecule has 0 fully saturated rings. The summed E-state index contributed by atoms with van der Waals surface area (Å²) < 4.78 is 10.0. The molecule has 0 unspecified atom stereocenters. The van der Waals surface area contributed by atoms with Gasteiger partial charge in [-0.15, -0.1) is 0 Å². The minimum absolute atomic E-state index is 0.0654. The van der Waals surface area contributed by atoms with Gasteiger partial charge in [-0.1, -0.05) is 0 Å². The van der Waals surface area contributed by atoms with Gasteiger partial charge in [-0.3, -0.25) is 19.6 Å². The van der Waals surface area contributed by atoms with Gasteiger partial charge in [0.05, 0.1) is 6.10 Å². The Bertz CT molecular complexity index is 608. The van der Waals surface area contributed by atoms with Crippen molar-refractivity contribution < 1.29 is 29.6 Å². The highest BCUT2D eigenvalue weighted by Crippen LogP contribution is 2.17. The highest BCUT2D eigenvalue weighted by Gasteiger charge is 2.19. The summed E-state index contributed by atoms with van der Waals surface area (Å²) in [6.45, 7) is 0.0562. The van der Waals surface area contributed by atoms with Crippen LogP contribution >= 0.6 is 0 Å². The van der Waals surface area contributed by atoms with Crippen molar-refractivity contribution >= 4 is 5.78 Å². The Morgan fingerprint density at radius 1 is 1.18 bits per heavy atom. The highest BCUT2D eigenvalue weighted by molar-refractivity contribution is 5.77. The van der Waals surface area contributed by atoms with Crippen LogP contribution in [-0.4, -0.2) is 63.1 Å². The lowest BCUT2D eigenvalue weighted by Crippen LogP contribution is -2.33. The maximum absolute atomic E-state index is 11.6. The van der Waals surface area contributed by atoms with Crippen molar-refractivity contribution in [2.45, 2.75) is 25.6 Å². The molecule has 0 aromatic carbocycles. The lowest BCUT2D eigenvalue weighted by Gasteiger charge is -2.18. The van der Waals surface area contributed by atoms with Crippen molar-refractivity contribution in [2.75, 3.05) is 19.8 Å². The van der Waals surface area contributed by atoms with Gasteiger partial charge in [-0.2, -0.15) is 0 Å². The summed E-state index contributed by atoms with van der Waals surface area (Å²) in [7, 11) is 0. The number of aromatic amines is 2. The fourth-order valence-corrected chi connectivity index (χ4v) is 1.47. The first-order valence-corrected chi connectivity index (χ1v) is 6.43. The fraction of sp³-hybridized carbons (Fsp3) is 0.583. The average Bonchev–Trinajstić information content (AvgIpc) is 2.43. The molecule has 0 saturated heterocycles. The van der Waals surface area contributed by atoms with Crippen LogP contribution in [0.15, 0.2) is 9.59 Å². The molecule has 0 aliphatic carbocycles. The molecule has 0 spiro atoms. The molecule has 0 saturated carbocycles. The Morgan fingerprint density at radius 2 is 1.86 bits per heavy atom. The zero-order chi connectivity index (χ0) is 16.7. The quantitative estimate of drug-likeness (QED) is 0.334. The SMILES string of the molecule is CC(=O)COc1c(OC[C@H](O)[C@H](O)CCO)[nH]c(=O)[nH]c1=O. The number of carbonyl (C=O) groups excluding carboxylic acids is 1. The minimum atomic E-state index is -1.35. The molecular weight excluding hydrogens is 300 g/mol. The molecule has 0 amide bonds. The first-order valence-electron chi connectivity index (χ1n) is 6.43. The van der Waals surface area contributed by atoms with E-state index in [0.717, 1.165) is 0 Å². The van der Waals surface area contributed by atoms with E-state index in [-0.39, 0.29) is 24.7 Å².